The maximum atomic E-state index is 14.0. The van der Waals surface area contributed by atoms with Crippen LogP contribution < -0.4 is 31.3 Å². The number of fused-ring (bicyclic) bond motifs is 5. The Morgan fingerprint density at radius 2 is 1.83 bits per heavy atom. The van der Waals surface area contributed by atoms with Crippen molar-refractivity contribution in [3.05, 3.63) is 65.8 Å². The summed E-state index contributed by atoms with van der Waals surface area (Å²) in [4.78, 5) is 53.4. The highest BCUT2D eigenvalue weighted by molar-refractivity contribution is 6.00. The van der Waals surface area contributed by atoms with Gasteiger partial charge in [0.25, 0.3) is 0 Å². The number of carbonyl (C=O) groups excluding carboxylic acids is 4. The molecule has 3 aliphatic heterocycles. The van der Waals surface area contributed by atoms with Crippen LogP contribution in [0, 0.1) is 11.8 Å². The molecule has 13 nitrogen and oxygen atoms in total. The lowest BCUT2D eigenvalue weighted by molar-refractivity contribution is -0.127. The van der Waals surface area contributed by atoms with E-state index in [-0.39, 0.29) is 49.0 Å². The second kappa shape index (κ2) is 16.3. The van der Waals surface area contributed by atoms with Crippen molar-refractivity contribution in [2.75, 3.05) is 24.4 Å². The first-order chi connectivity index (χ1) is 25.4. The van der Waals surface area contributed by atoms with Crippen LogP contribution in [0.1, 0.15) is 72.8 Å². The molecule has 0 spiro atoms. The van der Waals surface area contributed by atoms with Crippen LogP contribution in [0.2, 0.25) is 0 Å². The largest absolute Gasteiger partial charge is 0.496 e. The molecule has 4 amide bonds. The van der Waals surface area contributed by atoms with Gasteiger partial charge in [0, 0.05) is 43.5 Å². The summed E-state index contributed by atoms with van der Waals surface area (Å²) in [5, 5.41) is 19.4. The number of anilines is 2. The summed E-state index contributed by atoms with van der Waals surface area (Å²) in [6.45, 7) is 11.2. The van der Waals surface area contributed by atoms with E-state index >= 15 is 0 Å². The summed E-state index contributed by atoms with van der Waals surface area (Å²) in [7, 11) is 3.34. The Labute approximate surface area is 317 Å². The number of aliphatic hydroxyl groups is 1. The Morgan fingerprint density at radius 3 is 2.50 bits per heavy atom. The van der Waals surface area contributed by atoms with E-state index < -0.39 is 41.5 Å². The molecule has 3 heterocycles. The average Bonchev–Trinajstić information content (AvgIpc) is 3.81. The number of amides is 4. The van der Waals surface area contributed by atoms with Gasteiger partial charge in [-0.2, -0.15) is 0 Å². The van der Waals surface area contributed by atoms with E-state index in [0.29, 0.717) is 35.5 Å². The molecule has 54 heavy (non-hydrogen) atoms. The fourth-order valence-electron chi connectivity index (χ4n) is 7.18. The molecule has 0 radical (unpaired) electrons. The molecule has 292 valence electrons. The second-order valence-electron chi connectivity index (χ2n) is 15.5. The summed E-state index contributed by atoms with van der Waals surface area (Å²) < 4.78 is 17.7. The van der Waals surface area contributed by atoms with Gasteiger partial charge in [-0.1, -0.05) is 56.7 Å². The molecule has 2 aromatic rings. The first kappa shape index (κ1) is 40.5. The zero-order valence-corrected chi connectivity index (χ0v) is 32.5. The highest BCUT2D eigenvalue weighted by Gasteiger charge is 2.58. The van der Waals surface area contributed by atoms with Gasteiger partial charge >= 0.3 is 6.09 Å². The zero-order chi connectivity index (χ0) is 39.5. The van der Waals surface area contributed by atoms with Crippen molar-refractivity contribution in [1.29, 1.82) is 0 Å². The van der Waals surface area contributed by atoms with Crippen molar-refractivity contribution in [2.45, 2.75) is 109 Å². The van der Waals surface area contributed by atoms with Gasteiger partial charge in [-0.05, 0) is 74.9 Å². The third kappa shape index (κ3) is 9.31. The van der Waals surface area contributed by atoms with Gasteiger partial charge in [0.2, 0.25) is 17.7 Å². The Kier molecular flexibility index (Phi) is 12.2. The molecule has 2 fully saturated rings. The Hall–Kier alpha value is -4.72. The number of nitrogens with two attached hydrogens (primary N) is 1. The minimum Gasteiger partial charge on any atom is -0.496 e. The smallest absolute Gasteiger partial charge is 0.409 e. The van der Waals surface area contributed by atoms with Gasteiger partial charge in [0.15, 0.2) is 0 Å². The minimum atomic E-state index is -1.46. The predicted molar refractivity (Wildman–Crippen MR) is 207 cm³/mol. The van der Waals surface area contributed by atoms with E-state index in [4.69, 9.17) is 19.9 Å². The molecule has 2 saturated heterocycles. The Morgan fingerprint density at radius 1 is 1.13 bits per heavy atom. The first-order valence-electron chi connectivity index (χ1n) is 18.6. The van der Waals surface area contributed by atoms with Crippen LogP contribution >= 0.6 is 0 Å². The number of hydrogen-bond acceptors (Lipinski definition) is 9. The van der Waals surface area contributed by atoms with Gasteiger partial charge in [-0.3, -0.25) is 19.7 Å². The van der Waals surface area contributed by atoms with E-state index in [9.17, 15) is 24.3 Å². The maximum Gasteiger partial charge on any atom is 0.409 e. The van der Waals surface area contributed by atoms with Crippen molar-refractivity contribution in [2.24, 2.45) is 17.6 Å². The van der Waals surface area contributed by atoms with Crippen LogP contribution in [0.25, 0.3) is 11.1 Å². The van der Waals surface area contributed by atoms with Gasteiger partial charge in [0.1, 0.15) is 23.6 Å². The number of alkyl carbamates (subject to hydrolysis) is 1. The van der Waals surface area contributed by atoms with Gasteiger partial charge in [-0.15, -0.1) is 0 Å². The number of allylic oxidation sites excluding steroid dienone is 3. The lowest BCUT2D eigenvalue weighted by atomic mass is 9.85. The topological polar surface area (TPSA) is 185 Å². The number of nitrogens with zero attached hydrogens (tertiary/aromatic N) is 1. The fraction of sp³-hybridized carbons (Fsp3) is 0.512. The van der Waals surface area contributed by atoms with Crippen molar-refractivity contribution in [1.82, 2.24) is 10.6 Å². The third-order valence-electron chi connectivity index (χ3n) is 10.7. The Bertz CT molecular complexity index is 1810. The van der Waals surface area contributed by atoms with Crippen LogP contribution in [-0.2, 0) is 30.3 Å². The zero-order valence-electron chi connectivity index (χ0n) is 32.5. The number of methoxy groups -OCH3 is 1. The first-order valence-corrected chi connectivity index (χ1v) is 18.6. The third-order valence-corrected chi connectivity index (χ3v) is 10.7. The number of hydrogen-bond donors (Lipinski definition) is 5. The van der Waals surface area contributed by atoms with Crippen molar-refractivity contribution < 1.29 is 38.5 Å². The molecule has 0 aromatic heterocycles. The van der Waals surface area contributed by atoms with Gasteiger partial charge < -0.3 is 40.6 Å². The van der Waals surface area contributed by atoms with E-state index in [1.165, 1.54) is 0 Å². The summed E-state index contributed by atoms with van der Waals surface area (Å²) in [5.41, 5.74) is 8.49. The normalized spacial score (nSPS) is 28.7. The summed E-state index contributed by atoms with van der Waals surface area (Å²) in [6.07, 6.45) is 5.77. The highest BCUT2D eigenvalue weighted by atomic mass is 16.6. The fourth-order valence-corrected chi connectivity index (χ4v) is 7.18. The van der Waals surface area contributed by atoms with E-state index in [2.05, 4.69) is 16.0 Å². The number of rotatable bonds is 7. The molecule has 6 N–H and O–H groups in total. The molecule has 4 bridgehead atoms. The number of benzene rings is 2. The van der Waals surface area contributed by atoms with Crippen LogP contribution in [0.5, 0.6) is 5.75 Å². The van der Waals surface area contributed by atoms with Crippen LogP contribution in [0.15, 0.2) is 60.2 Å². The molecule has 5 rings (SSSR count). The van der Waals surface area contributed by atoms with Crippen molar-refractivity contribution in [3.8, 4) is 16.9 Å². The molecular weight excluding hydrogens is 690 g/mol. The molecule has 13 heteroatoms. The molecule has 0 saturated carbocycles. The van der Waals surface area contributed by atoms with E-state index in [1.54, 1.807) is 38.1 Å². The highest BCUT2D eigenvalue weighted by Crippen LogP contribution is 2.48. The van der Waals surface area contributed by atoms with E-state index in [0.717, 1.165) is 16.7 Å². The standard InChI is InChI=1S/C41H55N5O8/c1-23(2)35(42)38(49)43-26(5)37(48)44-29-14-12-28(13-15-29)34-30-20-27(21-31(34)52-8)19-24(3)11-9-10-17-41(51)22-32(53-39(50)45-41)25(4)36-40(6,54-36)18-16-33(47)46(30)7/h9-15,20-21,23,25-26,32,35-36,51H,16-19,22,42H2,1-8H3,(H,43,49)(H,44,48)(H,45,50)/b10-9+,24-11+/t25-,26+,32+,35?,36+,40+,41-/m1/s1. The summed E-state index contributed by atoms with van der Waals surface area (Å²) in [5.74, 6) is -0.606. The monoisotopic (exact) mass is 745 g/mol. The molecule has 3 aliphatic rings. The quantitative estimate of drug-likeness (QED) is 0.245. The Balaban J connectivity index is 1.44. The second-order valence-corrected chi connectivity index (χ2v) is 15.5. The van der Waals surface area contributed by atoms with E-state index in [1.807, 2.05) is 77.1 Å². The van der Waals surface area contributed by atoms with Crippen LogP contribution in [0.3, 0.4) is 0 Å². The van der Waals surface area contributed by atoms with Gasteiger partial charge in [0.05, 0.1) is 30.5 Å². The summed E-state index contributed by atoms with van der Waals surface area (Å²) in [6, 6.07) is 9.64. The maximum absolute atomic E-state index is 14.0. The van der Waals surface area contributed by atoms with Gasteiger partial charge in [-0.25, -0.2) is 4.79 Å². The number of nitrogens with one attached hydrogen (secondary N) is 3. The molecule has 2 aromatic carbocycles. The van der Waals surface area contributed by atoms with Crippen molar-refractivity contribution in [3.63, 3.8) is 0 Å². The summed E-state index contributed by atoms with van der Waals surface area (Å²) >= 11 is 0. The molecule has 1 unspecified atom stereocenters. The predicted octanol–water partition coefficient (Wildman–Crippen LogP) is 4.96. The number of ether oxygens (including phenoxy) is 3. The molecular formula is C41H55N5O8. The lowest BCUT2D eigenvalue weighted by Crippen LogP contribution is -2.57. The number of carbonyl (C=O) groups is 4. The minimum absolute atomic E-state index is 0.0702. The molecule has 7 atom stereocenters. The average molecular weight is 746 g/mol. The lowest BCUT2D eigenvalue weighted by Gasteiger charge is -2.38. The van der Waals surface area contributed by atoms with Crippen LogP contribution in [0.4, 0.5) is 16.2 Å². The number of epoxide rings is 1. The van der Waals surface area contributed by atoms with Crippen molar-refractivity contribution >= 4 is 35.2 Å². The SMILES string of the molecule is COc1cc2cc(c1-c1ccc(NC(=O)[C@H](C)NC(=O)C(N)C(C)C)cc1)N(C)C(=O)CC[C@]1(C)O[C@H]1[C@H](C)[C@@H]1C[C@](O)(C/C=C/C=C(\C)C2)NC(=O)O1. The molecule has 0 aliphatic carbocycles. The van der Waals surface area contributed by atoms with Crippen LogP contribution in [-0.4, -0.2) is 78.7 Å².